The predicted octanol–water partition coefficient (Wildman–Crippen LogP) is -1.04. The number of aliphatic hydroxyl groups is 5. The summed E-state index contributed by atoms with van der Waals surface area (Å²) < 4.78 is 135. The SMILES string of the molecule is C.C.C.C.C.CCC(CO)OC.CCC(COC)OC.COCC(O)COCCN(CP(=O)(O)O)CP(=O)(O)O.COCCN(CP(=O)(O)O)CP(=O)(O)O.COCCOCC(O)COCCN(CP(=O)(O)O)CP(=O)(O)O.O=P(O)(O)CN(CCOCC(O)CO)CP(=O)(O)O. The van der Waals surface area contributed by atoms with Crippen LogP contribution in [0.2, 0.25) is 0 Å². The van der Waals surface area contributed by atoms with Crippen LogP contribution in [0.15, 0.2) is 0 Å². The van der Waals surface area contributed by atoms with Gasteiger partial charge in [0, 0.05) is 68.8 Å². The molecular weight excluding hydrogens is 1480 g/mol. The molecule has 0 aliphatic rings. The van der Waals surface area contributed by atoms with Crippen molar-refractivity contribution in [3.8, 4) is 0 Å². The zero-order chi connectivity index (χ0) is 73.1. The first-order valence-corrected chi connectivity index (χ1v) is 41.2. The lowest BCUT2D eigenvalue weighted by molar-refractivity contribution is -0.0303. The second kappa shape index (κ2) is 68.3. The molecule has 0 aromatic carbocycles. The van der Waals surface area contributed by atoms with Crippen molar-refractivity contribution in [3.63, 3.8) is 0 Å². The van der Waals surface area contributed by atoms with E-state index in [1.807, 2.05) is 6.92 Å². The maximum absolute atomic E-state index is 10.9. The molecule has 43 nitrogen and oxygen atoms in total. The lowest BCUT2D eigenvalue weighted by atomic mass is 10.3. The Morgan fingerprint density at radius 1 is 0.289 bits per heavy atom. The molecule has 0 bridgehead atoms. The van der Waals surface area contributed by atoms with Crippen LogP contribution in [-0.4, -0.2) is 366 Å². The third kappa shape index (κ3) is 108. The summed E-state index contributed by atoms with van der Waals surface area (Å²) in [5.74, 6) is 0. The minimum Gasteiger partial charge on any atom is -0.394 e. The summed E-state index contributed by atoms with van der Waals surface area (Å²) in [5, 5.41) is 44.7. The Morgan fingerprint density at radius 3 is 0.691 bits per heavy atom. The van der Waals surface area contributed by atoms with Gasteiger partial charge in [0.05, 0.1) is 105 Å². The normalized spacial score (nSPS) is 13.6. The topological polar surface area (TPSA) is 667 Å². The van der Waals surface area contributed by atoms with Gasteiger partial charge < -0.3 is 151 Å². The second-order valence-electron chi connectivity index (χ2n) is 19.1. The predicted molar refractivity (Wildman–Crippen MR) is 361 cm³/mol. The lowest BCUT2D eigenvalue weighted by Crippen LogP contribution is -2.31. The number of nitrogens with zero attached hydrogens (tertiary/aromatic N) is 4. The van der Waals surface area contributed by atoms with Crippen LogP contribution in [0.4, 0.5) is 0 Å². The summed E-state index contributed by atoms with van der Waals surface area (Å²) in [4.78, 5) is 144. The Bertz CT molecular complexity index is 2020. The second-order valence-corrected chi connectivity index (χ2v) is 32.0. The van der Waals surface area contributed by atoms with Gasteiger partial charge in [0.1, 0.15) is 68.6 Å². The first-order chi connectivity index (χ1) is 41.9. The molecule has 0 heterocycles. The molecular formula is C46H126N4O39P8. The number of aliphatic hydroxyl groups excluding tert-OH is 5. The molecule has 0 amide bonds. The molecule has 0 aromatic heterocycles. The molecule has 5 atom stereocenters. The van der Waals surface area contributed by atoms with Gasteiger partial charge in [-0.2, -0.15) is 0 Å². The molecule has 5 unspecified atom stereocenters. The van der Waals surface area contributed by atoms with Crippen molar-refractivity contribution in [2.45, 2.75) is 94.3 Å². The van der Waals surface area contributed by atoms with Gasteiger partial charge in [0.2, 0.25) is 0 Å². The molecule has 0 fully saturated rings. The number of hydrogen-bond acceptors (Lipinski definition) is 27. The van der Waals surface area contributed by atoms with E-state index in [0.29, 0.717) is 19.8 Å². The van der Waals surface area contributed by atoms with Gasteiger partial charge >= 0.3 is 60.8 Å². The van der Waals surface area contributed by atoms with Gasteiger partial charge in [0.25, 0.3) is 0 Å². The fourth-order valence-electron chi connectivity index (χ4n) is 5.90. The van der Waals surface area contributed by atoms with Crippen molar-refractivity contribution in [3.05, 3.63) is 0 Å². The quantitative estimate of drug-likeness (QED) is 0.0255. The van der Waals surface area contributed by atoms with E-state index in [4.69, 9.17) is 132 Å². The molecule has 51 heteroatoms. The molecule has 21 N–H and O–H groups in total. The first kappa shape index (κ1) is 121. The van der Waals surface area contributed by atoms with E-state index in [0.717, 1.165) is 32.4 Å². The van der Waals surface area contributed by atoms with Crippen molar-refractivity contribution in [2.75, 3.05) is 212 Å². The maximum atomic E-state index is 10.9. The monoisotopic (exact) mass is 1610 g/mol. The van der Waals surface area contributed by atoms with Crippen LogP contribution in [0.3, 0.4) is 0 Å². The van der Waals surface area contributed by atoms with E-state index in [-0.39, 0.29) is 142 Å². The van der Waals surface area contributed by atoms with Crippen LogP contribution in [0.1, 0.15) is 63.8 Å². The van der Waals surface area contributed by atoms with E-state index in [9.17, 15) is 46.7 Å². The van der Waals surface area contributed by atoms with E-state index in [1.54, 1.807) is 21.3 Å². The zero-order valence-electron chi connectivity index (χ0n) is 52.8. The van der Waals surface area contributed by atoms with Crippen LogP contribution in [0.25, 0.3) is 0 Å². The standard InChI is InChI=1S/C10H25NO10P2.C8H21NO9P2.C7H19NO9P2.C6H14O2.C5H15NO7P2.C5H12O2.5CH4/c1-19-4-5-21-7-10(12)6-20-3-2-11(8-22(13,14)15)9-23(16,17)18;1-17-4-8(10)5-18-3-2-9(6-19(11,12)13)7-20(14,15)16;9-3-7(10)4-17-2-1-8(5-18(11,12)13)6-19(14,15)16;1-4-6(8-3)5-7-2;1-13-3-2-6(4-14(7,8)9)5-15(10,11)12;1-3-5(4-6)7-2;;;;;/h10,12H,2-9H2,1H3,(H2,13,14,15)(H2,16,17,18);8,10H,2-7H2,1H3,(H2,11,12,13)(H2,14,15,16);7,9-10H,1-6H2,(H2,11,12,13)(H2,14,15,16);6H,4-5H2,1-3H3;2-5H2,1H3,(H2,7,8,9)(H2,10,11,12);5-6H,3-4H2,1-2H3;5*1H4. The van der Waals surface area contributed by atoms with E-state index in [1.165, 1.54) is 21.3 Å². The molecule has 0 aliphatic heterocycles. The van der Waals surface area contributed by atoms with E-state index < -0.39 is 136 Å². The third-order valence-electron chi connectivity index (χ3n) is 9.72. The molecule has 0 aliphatic carbocycles. The Morgan fingerprint density at radius 2 is 0.515 bits per heavy atom. The Labute approximate surface area is 572 Å². The highest BCUT2D eigenvalue weighted by molar-refractivity contribution is 7.54. The smallest absolute Gasteiger partial charge is 0.339 e. The maximum Gasteiger partial charge on any atom is 0.339 e. The highest BCUT2D eigenvalue weighted by Crippen LogP contribution is 2.43. The fourth-order valence-corrected chi connectivity index (χ4v) is 12.6. The zero-order valence-corrected chi connectivity index (χ0v) is 59.9. The van der Waals surface area contributed by atoms with Crippen LogP contribution < -0.4 is 0 Å². The molecule has 0 saturated heterocycles. The molecule has 0 radical (unpaired) electrons. The van der Waals surface area contributed by atoms with Crippen molar-refractivity contribution < 1.29 is 188 Å². The Balaban J connectivity index is -0.000000104. The van der Waals surface area contributed by atoms with Crippen LogP contribution in [0, 0.1) is 0 Å². The van der Waals surface area contributed by atoms with Gasteiger partial charge in [0.15, 0.2) is 0 Å². The lowest BCUT2D eigenvalue weighted by Gasteiger charge is -2.23. The van der Waals surface area contributed by atoms with Crippen LogP contribution in [0.5, 0.6) is 0 Å². The van der Waals surface area contributed by atoms with Crippen molar-refractivity contribution in [1.82, 2.24) is 19.6 Å². The summed E-state index contributed by atoms with van der Waals surface area (Å²) >= 11 is 0. The van der Waals surface area contributed by atoms with E-state index >= 15 is 0 Å². The van der Waals surface area contributed by atoms with Crippen molar-refractivity contribution in [2.24, 2.45) is 0 Å². The van der Waals surface area contributed by atoms with E-state index in [2.05, 4.69) is 16.4 Å². The fraction of sp³-hybridized carbons (Fsp3) is 1.00. The largest absolute Gasteiger partial charge is 0.394 e. The molecule has 97 heavy (non-hydrogen) atoms. The third-order valence-corrected chi connectivity index (χ3v) is 15.9. The summed E-state index contributed by atoms with van der Waals surface area (Å²) in [6, 6.07) is 0. The van der Waals surface area contributed by atoms with Crippen LogP contribution >= 0.6 is 60.8 Å². The van der Waals surface area contributed by atoms with Gasteiger partial charge in [-0.25, -0.2) is 0 Å². The summed E-state index contributed by atoms with van der Waals surface area (Å²) in [6.07, 6.45) is -6.69. The first-order valence-electron chi connectivity index (χ1n) is 26.8. The minimum atomic E-state index is -4.45. The Hall–Kier alpha value is 0.440. The number of ether oxygens (including phenoxy) is 10. The number of hydrogen-bond donors (Lipinski definition) is 21. The van der Waals surface area contributed by atoms with Gasteiger partial charge in [-0.15, -0.1) is 0 Å². The van der Waals surface area contributed by atoms with Crippen molar-refractivity contribution >= 4 is 60.8 Å². The number of rotatable bonds is 49. The molecule has 0 rings (SSSR count). The molecule has 604 valence electrons. The minimum absolute atomic E-state index is 0. The van der Waals surface area contributed by atoms with Gasteiger partial charge in [-0.05, 0) is 12.8 Å². The summed E-state index contributed by atoms with van der Waals surface area (Å²) in [7, 11) is -26.0. The molecule has 0 saturated carbocycles. The molecule has 0 spiro atoms. The average Bonchev–Trinajstić information content (AvgIpc) is 1.11. The summed E-state index contributed by atoms with van der Waals surface area (Å²) in [5.41, 5.74) is 0. The highest BCUT2D eigenvalue weighted by atomic mass is 31.2. The van der Waals surface area contributed by atoms with Gasteiger partial charge in [-0.3, -0.25) is 56.1 Å². The van der Waals surface area contributed by atoms with Crippen LogP contribution in [-0.2, 0) is 83.9 Å². The molecule has 0 aromatic rings. The average molecular weight is 1610 g/mol. The summed E-state index contributed by atoms with van der Waals surface area (Å²) in [6.45, 7) is 4.59. The van der Waals surface area contributed by atoms with Gasteiger partial charge in [-0.1, -0.05) is 51.0 Å². The highest BCUT2D eigenvalue weighted by Gasteiger charge is 2.29. The Kier molecular flexibility index (Phi) is 85.4. The van der Waals surface area contributed by atoms with Crippen molar-refractivity contribution in [1.29, 1.82) is 0 Å². The number of methoxy groups -OCH3 is 6.